The van der Waals surface area contributed by atoms with Crippen LogP contribution in [0.1, 0.15) is 25.7 Å². The molecule has 7 nitrogen and oxygen atoms in total. The minimum atomic E-state index is -3.56. The highest BCUT2D eigenvalue weighted by molar-refractivity contribution is 7.89. The molecule has 1 amide bonds. The number of carbonyl (C=O) groups is 1. The maximum absolute atomic E-state index is 12.9. The van der Waals surface area contributed by atoms with E-state index in [-0.39, 0.29) is 17.4 Å². The summed E-state index contributed by atoms with van der Waals surface area (Å²) in [7, 11) is -3.56. The Bertz CT molecular complexity index is 766. The van der Waals surface area contributed by atoms with Crippen LogP contribution in [0, 0.1) is 0 Å². The number of carbonyl (C=O) groups excluding carboxylic acids is 1. The second-order valence-electron chi connectivity index (χ2n) is 6.87. The number of amides is 1. The fourth-order valence-electron chi connectivity index (χ4n) is 3.95. The van der Waals surface area contributed by atoms with Crippen LogP contribution in [0.5, 0.6) is 5.75 Å². The van der Waals surface area contributed by atoms with Gasteiger partial charge in [0.1, 0.15) is 5.75 Å². The lowest BCUT2D eigenvalue weighted by Crippen LogP contribution is -2.51. The Morgan fingerprint density at radius 2 is 1.80 bits per heavy atom. The molecule has 3 aliphatic rings. The van der Waals surface area contributed by atoms with E-state index in [0.29, 0.717) is 30.6 Å². The molecule has 4 rings (SSSR count). The smallest absolute Gasteiger partial charge is 0.262 e. The van der Waals surface area contributed by atoms with Gasteiger partial charge in [-0.2, -0.15) is 4.31 Å². The second-order valence-corrected chi connectivity index (χ2v) is 8.81. The fourth-order valence-corrected chi connectivity index (χ4v) is 5.40. The van der Waals surface area contributed by atoms with Crippen LogP contribution >= 0.6 is 0 Å². The monoisotopic (exact) mass is 365 g/mol. The van der Waals surface area contributed by atoms with Gasteiger partial charge in [0.25, 0.3) is 5.91 Å². The zero-order valence-corrected chi connectivity index (χ0v) is 14.9. The topological polar surface area (TPSA) is 79.0 Å². The summed E-state index contributed by atoms with van der Waals surface area (Å²) in [6.07, 6.45) is 5.03. The number of piperazine rings is 1. The predicted octanol–water partition coefficient (Wildman–Crippen LogP) is 1.27. The molecular formula is C17H23N3O4S. The molecule has 0 aromatic heterocycles. The Morgan fingerprint density at radius 3 is 2.52 bits per heavy atom. The summed E-state index contributed by atoms with van der Waals surface area (Å²) in [5, 5.41) is 2.66. The molecule has 0 unspecified atom stereocenters. The number of ether oxygens (including phenoxy) is 1. The molecular weight excluding hydrogens is 342 g/mol. The van der Waals surface area contributed by atoms with Crippen LogP contribution in [0.2, 0.25) is 0 Å². The first-order chi connectivity index (χ1) is 12.0. The number of hydrogen-bond donors (Lipinski definition) is 1. The maximum Gasteiger partial charge on any atom is 0.262 e. The van der Waals surface area contributed by atoms with E-state index in [9.17, 15) is 13.2 Å². The van der Waals surface area contributed by atoms with Crippen molar-refractivity contribution in [2.24, 2.45) is 0 Å². The normalized spacial score (nSPS) is 23.1. The van der Waals surface area contributed by atoms with Crippen molar-refractivity contribution >= 4 is 21.6 Å². The molecule has 1 saturated heterocycles. The summed E-state index contributed by atoms with van der Waals surface area (Å²) in [5.74, 6) is 0.233. The number of hydrogen-bond acceptors (Lipinski definition) is 5. The first-order valence-electron chi connectivity index (χ1n) is 8.85. The van der Waals surface area contributed by atoms with Crippen LogP contribution in [0.3, 0.4) is 0 Å². The number of nitrogens with zero attached hydrogens (tertiary/aromatic N) is 2. The van der Waals surface area contributed by atoms with E-state index < -0.39 is 10.0 Å². The van der Waals surface area contributed by atoms with Gasteiger partial charge in [0.2, 0.25) is 10.0 Å². The van der Waals surface area contributed by atoms with Crippen LogP contribution in [0.15, 0.2) is 23.1 Å². The van der Waals surface area contributed by atoms with E-state index in [1.54, 1.807) is 16.4 Å². The van der Waals surface area contributed by atoms with Crippen LogP contribution in [0.25, 0.3) is 0 Å². The third-order valence-electron chi connectivity index (χ3n) is 5.34. The van der Waals surface area contributed by atoms with E-state index in [2.05, 4.69) is 10.2 Å². The minimum Gasteiger partial charge on any atom is -0.482 e. The molecule has 0 atom stereocenters. The van der Waals surface area contributed by atoms with Gasteiger partial charge in [-0.25, -0.2) is 8.42 Å². The Morgan fingerprint density at radius 1 is 1.08 bits per heavy atom. The number of anilines is 1. The van der Waals surface area contributed by atoms with E-state index in [0.717, 1.165) is 13.1 Å². The molecule has 0 bridgehead atoms. The molecule has 1 N–H and O–H groups in total. The van der Waals surface area contributed by atoms with Gasteiger partial charge in [-0.05, 0) is 31.0 Å². The van der Waals surface area contributed by atoms with Crippen LogP contribution in [-0.4, -0.2) is 62.4 Å². The number of benzene rings is 1. The lowest BCUT2D eigenvalue weighted by atomic mass is 10.2. The summed E-state index contributed by atoms with van der Waals surface area (Å²) in [5.41, 5.74) is 0.418. The molecule has 8 heteroatoms. The minimum absolute atomic E-state index is 0.0395. The number of fused-ring (bicyclic) bond motifs is 1. The zero-order valence-electron chi connectivity index (χ0n) is 14.1. The van der Waals surface area contributed by atoms with Crippen LogP contribution in [-0.2, 0) is 14.8 Å². The van der Waals surface area contributed by atoms with Crippen molar-refractivity contribution in [1.29, 1.82) is 0 Å². The van der Waals surface area contributed by atoms with Crippen molar-refractivity contribution in [3.05, 3.63) is 18.2 Å². The molecule has 0 spiro atoms. The standard InChI is InChI=1S/C17H23N3O4S/c21-17-12-24-16-6-5-14(11-15(16)18-17)25(22,23)20-9-7-19(8-10-20)13-3-1-2-4-13/h5-6,11,13H,1-4,7-10,12H2,(H,18,21). The van der Waals surface area contributed by atoms with Crippen LogP contribution < -0.4 is 10.1 Å². The van der Waals surface area contributed by atoms with Gasteiger partial charge in [-0.15, -0.1) is 0 Å². The Labute approximate surface area is 148 Å². The van der Waals surface area contributed by atoms with E-state index >= 15 is 0 Å². The third kappa shape index (κ3) is 3.26. The van der Waals surface area contributed by atoms with Crippen molar-refractivity contribution in [2.45, 2.75) is 36.6 Å². The summed E-state index contributed by atoms with van der Waals surface area (Å²) in [6, 6.07) is 5.28. The van der Waals surface area contributed by atoms with Gasteiger partial charge in [0.15, 0.2) is 6.61 Å². The quantitative estimate of drug-likeness (QED) is 0.873. The molecule has 136 valence electrons. The molecule has 25 heavy (non-hydrogen) atoms. The van der Waals surface area contributed by atoms with Gasteiger partial charge in [-0.3, -0.25) is 9.69 Å². The molecule has 1 saturated carbocycles. The second kappa shape index (κ2) is 6.59. The summed E-state index contributed by atoms with van der Waals surface area (Å²) >= 11 is 0. The summed E-state index contributed by atoms with van der Waals surface area (Å²) in [4.78, 5) is 14.1. The van der Waals surface area contributed by atoms with Gasteiger partial charge in [-0.1, -0.05) is 12.8 Å². The highest BCUT2D eigenvalue weighted by Gasteiger charge is 2.32. The van der Waals surface area contributed by atoms with Crippen LogP contribution in [0.4, 0.5) is 5.69 Å². The largest absolute Gasteiger partial charge is 0.482 e. The highest BCUT2D eigenvalue weighted by Crippen LogP contribution is 2.32. The number of nitrogens with one attached hydrogen (secondary N) is 1. The molecule has 2 aliphatic heterocycles. The lowest BCUT2D eigenvalue weighted by molar-refractivity contribution is -0.118. The molecule has 1 aromatic rings. The molecule has 1 aliphatic carbocycles. The average molecular weight is 365 g/mol. The maximum atomic E-state index is 12.9. The molecule has 2 fully saturated rings. The molecule has 0 radical (unpaired) electrons. The Kier molecular flexibility index (Phi) is 4.43. The van der Waals surface area contributed by atoms with Crippen molar-refractivity contribution in [1.82, 2.24) is 9.21 Å². The Hall–Kier alpha value is -1.64. The predicted molar refractivity (Wildman–Crippen MR) is 93.2 cm³/mol. The Balaban J connectivity index is 1.48. The van der Waals surface area contributed by atoms with Crippen molar-refractivity contribution < 1.29 is 17.9 Å². The summed E-state index contributed by atoms with van der Waals surface area (Å²) < 4.78 is 32.7. The van der Waals surface area contributed by atoms with E-state index in [4.69, 9.17) is 4.74 Å². The van der Waals surface area contributed by atoms with Gasteiger partial charge in [0.05, 0.1) is 10.6 Å². The SMILES string of the molecule is O=C1COc2ccc(S(=O)(=O)N3CCN(C4CCCC4)CC3)cc2N1. The van der Waals surface area contributed by atoms with Gasteiger partial charge < -0.3 is 10.1 Å². The van der Waals surface area contributed by atoms with E-state index in [1.807, 2.05) is 0 Å². The zero-order chi connectivity index (χ0) is 17.4. The van der Waals surface area contributed by atoms with Crippen molar-refractivity contribution in [3.8, 4) is 5.75 Å². The highest BCUT2D eigenvalue weighted by atomic mass is 32.2. The first kappa shape index (κ1) is 16.8. The fraction of sp³-hybridized carbons (Fsp3) is 0.588. The first-order valence-corrected chi connectivity index (χ1v) is 10.3. The average Bonchev–Trinajstić information content (AvgIpc) is 3.16. The van der Waals surface area contributed by atoms with Gasteiger partial charge >= 0.3 is 0 Å². The van der Waals surface area contributed by atoms with Crippen molar-refractivity contribution in [2.75, 3.05) is 38.1 Å². The van der Waals surface area contributed by atoms with E-state index in [1.165, 1.54) is 31.7 Å². The number of rotatable bonds is 3. The molecule has 2 heterocycles. The molecule has 1 aromatic carbocycles. The van der Waals surface area contributed by atoms with Gasteiger partial charge in [0, 0.05) is 32.2 Å². The lowest BCUT2D eigenvalue weighted by Gasteiger charge is -2.37. The number of sulfonamides is 1. The van der Waals surface area contributed by atoms with Crippen molar-refractivity contribution in [3.63, 3.8) is 0 Å². The third-order valence-corrected chi connectivity index (χ3v) is 7.23. The summed E-state index contributed by atoms with van der Waals surface area (Å²) in [6.45, 7) is 2.56.